The van der Waals surface area contributed by atoms with Crippen molar-refractivity contribution in [3.8, 4) is 0 Å². The molecule has 0 bridgehead atoms. The molecule has 1 aromatic rings. The molecule has 0 saturated carbocycles. The number of hydrogen-bond donors (Lipinski definition) is 1. The summed E-state index contributed by atoms with van der Waals surface area (Å²) < 4.78 is 36.1. The third-order valence-corrected chi connectivity index (χ3v) is 1.77. The van der Waals surface area contributed by atoms with Crippen LogP contribution in [-0.4, -0.2) is 35.6 Å². The SMILES string of the molecule is CN(CC(F)(F)F)C(=O)c1cc(N)ccn1. The summed E-state index contributed by atoms with van der Waals surface area (Å²) in [4.78, 5) is 15.7. The molecule has 88 valence electrons. The van der Waals surface area contributed by atoms with Crippen LogP contribution in [0, 0.1) is 0 Å². The molecule has 1 aromatic heterocycles. The van der Waals surface area contributed by atoms with E-state index in [0.29, 0.717) is 4.90 Å². The maximum atomic E-state index is 12.0. The molecule has 1 heterocycles. The van der Waals surface area contributed by atoms with Gasteiger partial charge in [-0.05, 0) is 12.1 Å². The van der Waals surface area contributed by atoms with Crippen LogP contribution in [0.1, 0.15) is 10.5 Å². The van der Waals surface area contributed by atoms with Crippen LogP contribution in [0.15, 0.2) is 18.3 Å². The quantitative estimate of drug-likeness (QED) is 0.837. The Kier molecular flexibility index (Phi) is 3.36. The normalized spacial score (nSPS) is 11.2. The van der Waals surface area contributed by atoms with Crippen LogP contribution in [0.2, 0.25) is 0 Å². The molecule has 1 amide bonds. The lowest BCUT2D eigenvalue weighted by Crippen LogP contribution is -2.36. The zero-order valence-electron chi connectivity index (χ0n) is 8.45. The predicted octanol–water partition coefficient (Wildman–Crippen LogP) is 1.30. The fourth-order valence-electron chi connectivity index (χ4n) is 1.10. The first-order valence-electron chi connectivity index (χ1n) is 4.33. The van der Waals surface area contributed by atoms with Gasteiger partial charge in [-0.15, -0.1) is 0 Å². The number of rotatable bonds is 2. The number of pyridine rings is 1. The summed E-state index contributed by atoms with van der Waals surface area (Å²) in [5.41, 5.74) is 5.56. The van der Waals surface area contributed by atoms with Gasteiger partial charge >= 0.3 is 6.18 Å². The Morgan fingerprint density at radius 1 is 1.56 bits per heavy atom. The number of nitrogens with two attached hydrogens (primary N) is 1. The maximum Gasteiger partial charge on any atom is 0.406 e. The highest BCUT2D eigenvalue weighted by molar-refractivity contribution is 5.92. The van der Waals surface area contributed by atoms with Crippen LogP contribution >= 0.6 is 0 Å². The summed E-state index contributed by atoms with van der Waals surface area (Å²) in [5.74, 6) is -0.815. The lowest BCUT2D eigenvalue weighted by atomic mass is 10.3. The van der Waals surface area contributed by atoms with Gasteiger partial charge in [0.15, 0.2) is 0 Å². The number of carbonyl (C=O) groups is 1. The van der Waals surface area contributed by atoms with E-state index in [1.807, 2.05) is 0 Å². The summed E-state index contributed by atoms with van der Waals surface area (Å²) in [5, 5.41) is 0. The number of amides is 1. The fraction of sp³-hybridized carbons (Fsp3) is 0.333. The highest BCUT2D eigenvalue weighted by Gasteiger charge is 2.31. The number of anilines is 1. The Morgan fingerprint density at radius 3 is 2.69 bits per heavy atom. The molecule has 16 heavy (non-hydrogen) atoms. The number of aromatic nitrogens is 1. The molecule has 0 aliphatic heterocycles. The van der Waals surface area contributed by atoms with E-state index in [4.69, 9.17) is 5.73 Å². The average molecular weight is 233 g/mol. The van der Waals surface area contributed by atoms with Crippen molar-refractivity contribution in [3.63, 3.8) is 0 Å². The Balaban J connectivity index is 2.78. The lowest BCUT2D eigenvalue weighted by molar-refractivity contribution is -0.138. The molecule has 0 radical (unpaired) electrons. The highest BCUT2D eigenvalue weighted by Crippen LogP contribution is 2.16. The van der Waals surface area contributed by atoms with E-state index in [0.717, 1.165) is 7.05 Å². The molecule has 0 aliphatic rings. The molecular weight excluding hydrogens is 223 g/mol. The Morgan fingerprint density at radius 2 is 2.19 bits per heavy atom. The summed E-state index contributed by atoms with van der Waals surface area (Å²) in [6.07, 6.45) is -3.16. The zero-order valence-corrected chi connectivity index (χ0v) is 8.45. The first kappa shape index (κ1) is 12.3. The second-order valence-electron chi connectivity index (χ2n) is 3.25. The van der Waals surface area contributed by atoms with E-state index in [9.17, 15) is 18.0 Å². The van der Waals surface area contributed by atoms with Crippen LogP contribution in [0.25, 0.3) is 0 Å². The number of hydrogen-bond acceptors (Lipinski definition) is 3. The second kappa shape index (κ2) is 4.38. The topological polar surface area (TPSA) is 59.2 Å². The zero-order chi connectivity index (χ0) is 12.3. The van der Waals surface area contributed by atoms with Gasteiger partial charge in [0.1, 0.15) is 12.2 Å². The Hall–Kier alpha value is -1.79. The molecule has 0 unspecified atom stereocenters. The van der Waals surface area contributed by atoms with E-state index in [1.54, 1.807) is 0 Å². The van der Waals surface area contributed by atoms with Crippen LogP contribution < -0.4 is 5.73 Å². The van der Waals surface area contributed by atoms with Crippen LogP contribution in [0.3, 0.4) is 0 Å². The van der Waals surface area contributed by atoms with Gasteiger partial charge < -0.3 is 10.6 Å². The molecule has 0 aliphatic carbocycles. The number of alkyl halides is 3. The van der Waals surface area contributed by atoms with Crippen LogP contribution in [0.4, 0.5) is 18.9 Å². The minimum absolute atomic E-state index is 0.105. The Bertz CT molecular complexity index is 392. The minimum atomic E-state index is -4.43. The molecule has 2 N–H and O–H groups in total. The predicted molar refractivity (Wildman–Crippen MR) is 51.7 cm³/mol. The van der Waals surface area contributed by atoms with E-state index < -0.39 is 18.6 Å². The van der Waals surface area contributed by atoms with Crippen LogP contribution in [0.5, 0.6) is 0 Å². The van der Waals surface area contributed by atoms with Crippen molar-refractivity contribution in [3.05, 3.63) is 24.0 Å². The minimum Gasteiger partial charge on any atom is -0.399 e. The van der Waals surface area contributed by atoms with Crippen molar-refractivity contribution in [1.29, 1.82) is 0 Å². The number of halogens is 3. The molecule has 0 spiro atoms. The number of nitrogens with zero attached hydrogens (tertiary/aromatic N) is 2. The summed E-state index contributed by atoms with van der Waals surface area (Å²) in [6.45, 7) is -1.32. The molecule has 0 fully saturated rings. The number of nitrogen functional groups attached to an aromatic ring is 1. The van der Waals surface area contributed by atoms with Crippen molar-refractivity contribution >= 4 is 11.6 Å². The van der Waals surface area contributed by atoms with Crippen molar-refractivity contribution in [2.45, 2.75) is 6.18 Å². The van der Waals surface area contributed by atoms with Gasteiger partial charge in [-0.25, -0.2) is 0 Å². The first-order chi connectivity index (χ1) is 7.29. The molecule has 1 rings (SSSR count). The van der Waals surface area contributed by atoms with Gasteiger partial charge in [0.2, 0.25) is 0 Å². The average Bonchev–Trinajstić information content (AvgIpc) is 2.14. The molecule has 0 aromatic carbocycles. The molecule has 0 saturated heterocycles. The van der Waals surface area contributed by atoms with Gasteiger partial charge in [-0.1, -0.05) is 0 Å². The van der Waals surface area contributed by atoms with Gasteiger partial charge in [0.05, 0.1) is 0 Å². The smallest absolute Gasteiger partial charge is 0.399 e. The Labute approximate surface area is 89.9 Å². The summed E-state index contributed by atoms with van der Waals surface area (Å²) >= 11 is 0. The second-order valence-corrected chi connectivity index (χ2v) is 3.25. The molecular formula is C9H10F3N3O. The maximum absolute atomic E-state index is 12.0. The van der Waals surface area contributed by atoms with Gasteiger partial charge in [0.25, 0.3) is 5.91 Å². The standard InChI is InChI=1S/C9H10F3N3O/c1-15(5-9(10,11)12)8(16)7-4-6(13)2-3-14-7/h2-4H,5H2,1H3,(H2,13,14). The van der Waals surface area contributed by atoms with Crippen LogP contribution in [-0.2, 0) is 0 Å². The lowest BCUT2D eigenvalue weighted by Gasteiger charge is -2.18. The van der Waals surface area contributed by atoms with Gasteiger partial charge in [0, 0.05) is 18.9 Å². The fourth-order valence-corrected chi connectivity index (χ4v) is 1.10. The monoisotopic (exact) mass is 233 g/mol. The molecule has 7 heteroatoms. The molecule has 4 nitrogen and oxygen atoms in total. The van der Waals surface area contributed by atoms with E-state index >= 15 is 0 Å². The van der Waals surface area contributed by atoms with Crippen molar-refractivity contribution in [2.24, 2.45) is 0 Å². The largest absolute Gasteiger partial charge is 0.406 e. The van der Waals surface area contributed by atoms with E-state index in [-0.39, 0.29) is 11.4 Å². The molecule has 0 atom stereocenters. The van der Waals surface area contributed by atoms with Crippen molar-refractivity contribution in [1.82, 2.24) is 9.88 Å². The number of carbonyl (C=O) groups excluding carboxylic acids is 1. The summed E-state index contributed by atoms with van der Waals surface area (Å²) in [7, 11) is 1.06. The highest BCUT2D eigenvalue weighted by atomic mass is 19.4. The van der Waals surface area contributed by atoms with Crippen molar-refractivity contribution in [2.75, 3.05) is 19.3 Å². The summed E-state index contributed by atoms with van der Waals surface area (Å²) in [6, 6.07) is 2.68. The first-order valence-corrected chi connectivity index (χ1v) is 4.33. The van der Waals surface area contributed by atoms with E-state index in [1.165, 1.54) is 18.3 Å². The van der Waals surface area contributed by atoms with E-state index in [2.05, 4.69) is 4.98 Å². The third-order valence-electron chi connectivity index (χ3n) is 1.77. The third kappa shape index (κ3) is 3.41. The van der Waals surface area contributed by atoms with Gasteiger partial charge in [-0.3, -0.25) is 9.78 Å². The van der Waals surface area contributed by atoms with Gasteiger partial charge in [-0.2, -0.15) is 13.2 Å². The van der Waals surface area contributed by atoms with Crippen molar-refractivity contribution < 1.29 is 18.0 Å².